The first-order chi connectivity index (χ1) is 21.3. The van der Waals surface area contributed by atoms with Crippen molar-refractivity contribution in [3.63, 3.8) is 0 Å². The van der Waals surface area contributed by atoms with Crippen LogP contribution in [0, 0.1) is 16.0 Å². The molecule has 3 aromatic rings. The summed E-state index contributed by atoms with van der Waals surface area (Å²) in [5.74, 6) is -1.10. The number of rotatable bonds is 9. The van der Waals surface area contributed by atoms with Crippen LogP contribution in [0.15, 0.2) is 67.3 Å². The lowest BCUT2D eigenvalue weighted by atomic mass is 10.1. The van der Waals surface area contributed by atoms with Crippen LogP contribution in [0.25, 0.3) is 22.2 Å². The second-order valence-corrected chi connectivity index (χ2v) is 12.2. The minimum Gasteiger partial charge on any atom is -0.488 e. The molecule has 2 fully saturated rings. The Morgan fingerprint density at radius 1 is 1.18 bits per heavy atom. The van der Waals surface area contributed by atoms with Gasteiger partial charge < -0.3 is 19.5 Å². The molecule has 0 radical (unpaired) electrons. The Morgan fingerprint density at radius 3 is 2.53 bits per heavy atom. The molecule has 1 saturated carbocycles. The summed E-state index contributed by atoms with van der Waals surface area (Å²) in [6, 6.07) is 14.4. The van der Waals surface area contributed by atoms with E-state index >= 15 is 0 Å². The van der Waals surface area contributed by atoms with Gasteiger partial charge in [0.1, 0.15) is 29.0 Å². The van der Waals surface area contributed by atoms with Crippen LogP contribution in [0.1, 0.15) is 40.5 Å². The van der Waals surface area contributed by atoms with Gasteiger partial charge in [-0.15, -0.1) is 6.58 Å². The van der Waals surface area contributed by atoms with E-state index in [0.717, 1.165) is 5.56 Å². The highest BCUT2D eigenvalue weighted by atomic mass is 16.6. The first-order valence-electron chi connectivity index (χ1n) is 14.8. The van der Waals surface area contributed by atoms with E-state index < -0.39 is 46.2 Å². The topological polar surface area (TPSA) is 150 Å². The minimum absolute atomic E-state index is 0.0102. The lowest BCUT2D eigenvalue weighted by molar-refractivity contribution is -0.384. The van der Waals surface area contributed by atoms with E-state index in [2.05, 4.69) is 11.9 Å². The number of ether oxygens (including phenoxy) is 3. The van der Waals surface area contributed by atoms with Gasteiger partial charge in [-0.3, -0.25) is 19.8 Å². The summed E-state index contributed by atoms with van der Waals surface area (Å²) in [5.41, 5.74) is -0.340. The van der Waals surface area contributed by atoms with E-state index in [1.165, 1.54) is 17.0 Å². The van der Waals surface area contributed by atoms with Crippen LogP contribution in [0.5, 0.6) is 5.75 Å². The van der Waals surface area contributed by atoms with Crippen LogP contribution in [-0.2, 0) is 19.1 Å². The standard InChI is InChI=1S/C33H36N4O8/c1-6-21-18-33(21,30(39)43-7-2)35-29(38)27-16-23(19-36(27)31(40)45-32(3,4)5)44-28-17-26(20-11-9-8-10-12-20)34-25-14-13-22(37(41)42)15-24(25)28/h6,8-15,17,21,23,27H,1,7,16,18-19H2,2-5H3,(H,35,38)/t21-,23?,27-,33+/m0/s1. The molecular formula is C33H36N4O8. The maximum Gasteiger partial charge on any atom is 0.411 e. The van der Waals surface area contributed by atoms with Crippen molar-refractivity contribution < 1.29 is 33.5 Å². The van der Waals surface area contributed by atoms with Gasteiger partial charge in [0.2, 0.25) is 5.91 Å². The number of nitrogens with zero attached hydrogens (tertiary/aromatic N) is 3. The number of non-ortho nitro benzene ring substituents is 1. The molecule has 45 heavy (non-hydrogen) atoms. The normalized spacial score (nSPS) is 22.4. The predicted molar refractivity (Wildman–Crippen MR) is 165 cm³/mol. The number of nitrogens with one attached hydrogen (secondary N) is 1. The van der Waals surface area contributed by atoms with E-state index in [0.29, 0.717) is 28.8 Å². The maximum absolute atomic E-state index is 13.8. The molecule has 2 aliphatic rings. The van der Waals surface area contributed by atoms with Crippen molar-refractivity contribution in [2.75, 3.05) is 13.2 Å². The van der Waals surface area contributed by atoms with E-state index in [4.69, 9.17) is 19.2 Å². The van der Waals surface area contributed by atoms with Crippen molar-refractivity contribution in [1.82, 2.24) is 15.2 Å². The van der Waals surface area contributed by atoms with E-state index in [1.54, 1.807) is 45.9 Å². The smallest absolute Gasteiger partial charge is 0.411 e. The fourth-order valence-electron chi connectivity index (χ4n) is 5.55. The summed E-state index contributed by atoms with van der Waals surface area (Å²) in [6.07, 6.45) is 0.596. The third kappa shape index (κ3) is 6.59. The zero-order valence-electron chi connectivity index (χ0n) is 25.6. The van der Waals surface area contributed by atoms with Gasteiger partial charge in [-0.05, 0) is 40.2 Å². The first kappa shape index (κ1) is 31.4. The Morgan fingerprint density at radius 2 is 1.91 bits per heavy atom. The van der Waals surface area contributed by atoms with Gasteiger partial charge in [0, 0.05) is 41.5 Å². The van der Waals surface area contributed by atoms with E-state index in [9.17, 15) is 24.5 Å². The summed E-state index contributed by atoms with van der Waals surface area (Å²) in [5, 5.41) is 14.8. The van der Waals surface area contributed by atoms with Crippen LogP contribution >= 0.6 is 0 Å². The van der Waals surface area contributed by atoms with Crippen LogP contribution in [0.2, 0.25) is 0 Å². The highest BCUT2D eigenvalue weighted by Crippen LogP contribution is 2.46. The third-order valence-corrected chi connectivity index (χ3v) is 7.81. The fourth-order valence-corrected chi connectivity index (χ4v) is 5.55. The summed E-state index contributed by atoms with van der Waals surface area (Å²) < 4.78 is 17.3. The summed E-state index contributed by atoms with van der Waals surface area (Å²) >= 11 is 0. The fraction of sp³-hybridized carbons (Fsp3) is 0.394. The first-order valence-corrected chi connectivity index (χ1v) is 14.8. The van der Waals surface area contributed by atoms with E-state index in [-0.39, 0.29) is 31.2 Å². The van der Waals surface area contributed by atoms with Crippen molar-refractivity contribution >= 4 is 34.6 Å². The number of amides is 2. The monoisotopic (exact) mass is 616 g/mol. The van der Waals surface area contributed by atoms with Gasteiger partial charge >= 0.3 is 12.1 Å². The number of nitro groups is 1. The molecule has 1 aromatic heterocycles. The number of nitro benzene ring substituents is 1. The highest BCUT2D eigenvalue weighted by molar-refractivity contribution is 5.95. The molecule has 0 bridgehead atoms. The second-order valence-electron chi connectivity index (χ2n) is 12.2. The third-order valence-electron chi connectivity index (χ3n) is 7.81. The number of aromatic nitrogens is 1. The summed E-state index contributed by atoms with van der Waals surface area (Å²) in [6.45, 7) is 10.8. The van der Waals surface area contributed by atoms with Crippen molar-refractivity contribution in [3.05, 3.63) is 77.4 Å². The molecule has 2 amide bonds. The van der Waals surface area contributed by atoms with Crippen molar-refractivity contribution in [1.29, 1.82) is 0 Å². The molecule has 2 heterocycles. The number of pyridine rings is 1. The molecule has 236 valence electrons. The SMILES string of the molecule is C=C[C@H]1C[C@]1(NC(=O)[C@@H]1CC(Oc2cc(-c3ccccc3)nc3ccc([N+](=O)[O-])cc23)CN1C(=O)OC(C)(C)C)C(=O)OCC. The molecule has 5 rings (SSSR count). The number of carbonyl (C=O) groups excluding carboxylic acids is 3. The quantitative estimate of drug-likeness (QED) is 0.148. The molecule has 1 N–H and O–H groups in total. The number of likely N-dealkylation sites (tertiary alicyclic amines) is 1. The lowest BCUT2D eigenvalue weighted by Gasteiger charge is -2.28. The second kappa shape index (κ2) is 12.2. The molecule has 12 nitrogen and oxygen atoms in total. The Balaban J connectivity index is 1.48. The van der Waals surface area contributed by atoms with Crippen molar-refractivity contribution in [2.24, 2.45) is 5.92 Å². The average molecular weight is 617 g/mol. The van der Waals surface area contributed by atoms with Crippen LogP contribution < -0.4 is 10.1 Å². The van der Waals surface area contributed by atoms with Gasteiger partial charge in [-0.25, -0.2) is 14.6 Å². The molecule has 2 aromatic carbocycles. The van der Waals surface area contributed by atoms with Gasteiger partial charge in [-0.1, -0.05) is 36.4 Å². The predicted octanol–water partition coefficient (Wildman–Crippen LogP) is 5.19. The number of fused-ring (bicyclic) bond motifs is 1. The van der Waals surface area contributed by atoms with Crippen LogP contribution in [0.3, 0.4) is 0 Å². The van der Waals surface area contributed by atoms with Gasteiger partial charge in [0.05, 0.1) is 29.3 Å². The summed E-state index contributed by atoms with van der Waals surface area (Å²) in [4.78, 5) is 57.1. The van der Waals surface area contributed by atoms with Gasteiger partial charge in [0.15, 0.2) is 0 Å². The number of benzene rings is 2. The molecule has 12 heteroatoms. The number of carbonyl (C=O) groups is 3. The largest absolute Gasteiger partial charge is 0.488 e. The zero-order valence-corrected chi connectivity index (χ0v) is 25.6. The Kier molecular flexibility index (Phi) is 8.51. The number of esters is 1. The Hall–Kier alpha value is -5.00. The molecule has 1 aliphatic heterocycles. The van der Waals surface area contributed by atoms with Crippen LogP contribution in [0.4, 0.5) is 10.5 Å². The number of hydrogen-bond acceptors (Lipinski definition) is 9. The zero-order chi connectivity index (χ0) is 32.5. The van der Waals surface area contributed by atoms with Crippen molar-refractivity contribution in [3.8, 4) is 17.0 Å². The van der Waals surface area contributed by atoms with Crippen molar-refractivity contribution in [2.45, 2.75) is 63.8 Å². The maximum atomic E-state index is 13.8. The average Bonchev–Trinajstić information content (AvgIpc) is 3.55. The van der Waals surface area contributed by atoms with E-state index in [1.807, 2.05) is 30.3 Å². The molecule has 0 spiro atoms. The minimum atomic E-state index is -1.25. The lowest BCUT2D eigenvalue weighted by Crippen LogP contribution is -2.53. The highest BCUT2D eigenvalue weighted by Gasteiger charge is 2.62. The Labute approximate surface area is 260 Å². The molecule has 4 atom stereocenters. The summed E-state index contributed by atoms with van der Waals surface area (Å²) in [7, 11) is 0. The van der Waals surface area contributed by atoms with Gasteiger partial charge in [0.25, 0.3) is 5.69 Å². The molecule has 1 saturated heterocycles. The Bertz CT molecular complexity index is 1650. The van der Waals surface area contributed by atoms with Crippen LogP contribution in [-0.4, -0.2) is 69.2 Å². The number of hydrogen-bond donors (Lipinski definition) is 1. The molecule has 1 unspecified atom stereocenters. The van der Waals surface area contributed by atoms with Gasteiger partial charge in [-0.2, -0.15) is 0 Å². The molecular weight excluding hydrogens is 580 g/mol. The molecule has 1 aliphatic carbocycles.